The van der Waals surface area contributed by atoms with Gasteiger partial charge in [0.25, 0.3) is 5.24 Å². The SMILES string of the molecule is CN(C)C(=O)Sc1ccc(NC(=O)C2CCN(c3ccc(Cl)cn3)CC2)cc1. The van der Waals surface area contributed by atoms with Gasteiger partial charge in [0.15, 0.2) is 0 Å². The van der Waals surface area contributed by atoms with E-state index in [-0.39, 0.29) is 17.1 Å². The number of piperidine rings is 1. The number of thioether (sulfide) groups is 1. The molecule has 148 valence electrons. The van der Waals surface area contributed by atoms with Gasteiger partial charge >= 0.3 is 0 Å². The van der Waals surface area contributed by atoms with Crippen molar-refractivity contribution in [2.45, 2.75) is 17.7 Å². The Hall–Kier alpha value is -2.25. The van der Waals surface area contributed by atoms with Gasteiger partial charge in [0.05, 0.1) is 5.02 Å². The molecule has 0 aliphatic carbocycles. The summed E-state index contributed by atoms with van der Waals surface area (Å²) in [6.07, 6.45) is 3.20. The summed E-state index contributed by atoms with van der Waals surface area (Å²) < 4.78 is 0. The molecule has 28 heavy (non-hydrogen) atoms. The van der Waals surface area contributed by atoms with Crippen LogP contribution in [0.1, 0.15) is 12.8 Å². The molecular weight excluding hydrogens is 396 g/mol. The number of anilines is 2. The van der Waals surface area contributed by atoms with Crippen LogP contribution in [0.15, 0.2) is 47.5 Å². The second kappa shape index (κ2) is 9.30. The lowest BCUT2D eigenvalue weighted by molar-refractivity contribution is -0.120. The number of pyridine rings is 1. The van der Waals surface area contributed by atoms with E-state index in [2.05, 4.69) is 15.2 Å². The van der Waals surface area contributed by atoms with Crippen molar-refractivity contribution in [1.82, 2.24) is 9.88 Å². The molecule has 3 rings (SSSR count). The number of nitrogens with zero attached hydrogens (tertiary/aromatic N) is 3. The third-order valence-corrected chi connectivity index (χ3v) is 5.86. The number of hydrogen-bond acceptors (Lipinski definition) is 5. The number of carbonyl (C=O) groups is 2. The second-order valence-corrected chi connectivity index (χ2v) is 8.33. The number of rotatable bonds is 4. The molecule has 0 bridgehead atoms. The van der Waals surface area contributed by atoms with Gasteiger partial charge in [-0.05, 0) is 61.0 Å². The zero-order valence-corrected chi connectivity index (χ0v) is 17.5. The topological polar surface area (TPSA) is 65.5 Å². The highest BCUT2D eigenvalue weighted by atomic mass is 35.5. The third kappa shape index (κ3) is 5.39. The Morgan fingerprint density at radius 2 is 1.82 bits per heavy atom. The highest BCUT2D eigenvalue weighted by molar-refractivity contribution is 8.13. The average molecular weight is 419 g/mol. The van der Waals surface area contributed by atoms with Crippen LogP contribution in [0.4, 0.5) is 16.3 Å². The first-order valence-electron chi connectivity index (χ1n) is 9.09. The molecule has 0 atom stereocenters. The summed E-state index contributed by atoms with van der Waals surface area (Å²) in [4.78, 5) is 33.2. The van der Waals surface area contributed by atoms with Crippen LogP contribution in [0, 0.1) is 5.92 Å². The van der Waals surface area contributed by atoms with E-state index >= 15 is 0 Å². The number of benzene rings is 1. The Morgan fingerprint density at radius 3 is 2.39 bits per heavy atom. The van der Waals surface area contributed by atoms with Crippen molar-refractivity contribution >= 4 is 46.0 Å². The number of hydrogen-bond donors (Lipinski definition) is 1. The van der Waals surface area contributed by atoms with Gasteiger partial charge < -0.3 is 15.1 Å². The van der Waals surface area contributed by atoms with Gasteiger partial charge in [0, 0.05) is 49.9 Å². The lowest BCUT2D eigenvalue weighted by Gasteiger charge is -2.32. The summed E-state index contributed by atoms with van der Waals surface area (Å²) in [5, 5.41) is 3.57. The Balaban J connectivity index is 1.50. The number of amides is 2. The van der Waals surface area contributed by atoms with Crippen LogP contribution in [0.25, 0.3) is 0 Å². The molecule has 8 heteroatoms. The van der Waals surface area contributed by atoms with Crippen LogP contribution in [0.5, 0.6) is 0 Å². The Labute approximate surface area is 174 Å². The Morgan fingerprint density at radius 1 is 1.14 bits per heavy atom. The molecule has 2 amide bonds. The maximum Gasteiger partial charge on any atom is 0.285 e. The monoisotopic (exact) mass is 418 g/mol. The van der Waals surface area contributed by atoms with E-state index in [4.69, 9.17) is 11.6 Å². The van der Waals surface area contributed by atoms with Crippen LogP contribution >= 0.6 is 23.4 Å². The largest absolute Gasteiger partial charge is 0.357 e. The van der Waals surface area contributed by atoms with Crippen LogP contribution in [-0.2, 0) is 4.79 Å². The highest BCUT2D eigenvalue weighted by Gasteiger charge is 2.25. The fraction of sp³-hybridized carbons (Fsp3) is 0.350. The smallest absolute Gasteiger partial charge is 0.285 e. The summed E-state index contributed by atoms with van der Waals surface area (Å²) in [7, 11) is 3.44. The lowest BCUT2D eigenvalue weighted by Crippen LogP contribution is -2.38. The summed E-state index contributed by atoms with van der Waals surface area (Å²) in [5.41, 5.74) is 0.744. The fourth-order valence-electron chi connectivity index (χ4n) is 2.97. The lowest BCUT2D eigenvalue weighted by atomic mass is 9.96. The zero-order chi connectivity index (χ0) is 20.1. The molecule has 1 N–H and O–H groups in total. The normalized spacial score (nSPS) is 14.6. The molecule has 2 heterocycles. The van der Waals surface area contributed by atoms with Gasteiger partial charge in [-0.2, -0.15) is 0 Å². The van der Waals surface area contributed by atoms with E-state index in [0.717, 1.165) is 54.1 Å². The third-order valence-electron chi connectivity index (χ3n) is 4.59. The predicted octanol–water partition coefficient (Wildman–Crippen LogP) is 4.36. The number of halogens is 1. The number of aromatic nitrogens is 1. The molecule has 6 nitrogen and oxygen atoms in total. The van der Waals surface area contributed by atoms with Crippen molar-refractivity contribution in [2.75, 3.05) is 37.4 Å². The zero-order valence-electron chi connectivity index (χ0n) is 15.9. The van der Waals surface area contributed by atoms with Gasteiger partial charge in [-0.3, -0.25) is 9.59 Å². The van der Waals surface area contributed by atoms with Crippen LogP contribution < -0.4 is 10.2 Å². The second-order valence-electron chi connectivity index (χ2n) is 6.87. The molecule has 1 aromatic heterocycles. The predicted molar refractivity (Wildman–Crippen MR) is 114 cm³/mol. The van der Waals surface area contributed by atoms with Crippen LogP contribution in [0.3, 0.4) is 0 Å². The minimum atomic E-state index is -0.0290. The maximum absolute atomic E-state index is 12.6. The van der Waals surface area contributed by atoms with E-state index in [1.54, 1.807) is 20.3 Å². The van der Waals surface area contributed by atoms with Crippen molar-refractivity contribution in [1.29, 1.82) is 0 Å². The number of nitrogens with one attached hydrogen (secondary N) is 1. The molecule has 0 spiro atoms. The van der Waals surface area contributed by atoms with Gasteiger partial charge in [0.2, 0.25) is 5.91 Å². The first kappa shape index (κ1) is 20.5. The molecule has 1 fully saturated rings. The average Bonchev–Trinajstić information content (AvgIpc) is 2.70. The minimum Gasteiger partial charge on any atom is -0.357 e. The molecule has 2 aromatic rings. The van der Waals surface area contributed by atoms with Crippen LogP contribution in [0.2, 0.25) is 5.02 Å². The first-order valence-corrected chi connectivity index (χ1v) is 10.3. The molecule has 0 radical (unpaired) electrons. The summed E-state index contributed by atoms with van der Waals surface area (Å²) >= 11 is 7.05. The quantitative estimate of drug-likeness (QED) is 0.747. The van der Waals surface area contributed by atoms with E-state index in [9.17, 15) is 9.59 Å². The minimum absolute atomic E-state index is 0.0204. The van der Waals surface area contributed by atoms with Crippen molar-refractivity contribution < 1.29 is 9.59 Å². The summed E-state index contributed by atoms with van der Waals surface area (Å²) in [5.74, 6) is 0.907. The molecule has 1 saturated heterocycles. The first-order chi connectivity index (χ1) is 13.4. The van der Waals surface area contributed by atoms with E-state index < -0.39 is 0 Å². The standard InChI is InChI=1S/C20H23ClN4O2S/c1-24(2)20(27)28-17-6-4-16(5-7-17)23-19(26)14-9-11-25(12-10-14)18-8-3-15(21)13-22-18/h3-8,13-14H,9-12H2,1-2H3,(H,23,26). The molecular formula is C20H23ClN4O2S. The van der Waals surface area contributed by atoms with Gasteiger partial charge in [-0.25, -0.2) is 4.98 Å². The molecule has 1 aromatic carbocycles. The number of carbonyl (C=O) groups excluding carboxylic acids is 2. The molecule has 0 saturated carbocycles. The molecule has 1 aliphatic rings. The van der Waals surface area contributed by atoms with Gasteiger partial charge in [0.1, 0.15) is 5.82 Å². The van der Waals surface area contributed by atoms with Gasteiger partial charge in [-0.1, -0.05) is 11.6 Å². The summed E-state index contributed by atoms with van der Waals surface area (Å²) in [6, 6.07) is 11.1. The van der Waals surface area contributed by atoms with E-state index in [1.807, 2.05) is 36.4 Å². The molecule has 0 unspecified atom stereocenters. The van der Waals surface area contributed by atoms with Crippen LogP contribution in [-0.4, -0.2) is 48.2 Å². The van der Waals surface area contributed by atoms with Crippen molar-refractivity contribution in [3.8, 4) is 0 Å². The van der Waals surface area contributed by atoms with Gasteiger partial charge in [-0.15, -0.1) is 0 Å². The van der Waals surface area contributed by atoms with E-state index in [1.165, 1.54) is 4.90 Å². The maximum atomic E-state index is 12.6. The Kier molecular flexibility index (Phi) is 6.80. The Bertz CT molecular complexity index is 819. The van der Waals surface area contributed by atoms with Crippen molar-refractivity contribution in [3.05, 3.63) is 47.6 Å². The molecule has 1 aliphatic heterocycles. The van der Waals surface area contributed by atoms with E-state index in [0.29, 0.717) is 5.02 Å². The highest BCUT2D eigenvalue weighted by Crippen LogP contribution is 2.25. The fourth-order valence-corrected chi connectivity index (χ4v) is 3.74. The summed E-state index contributed by atoms with van der Waals surface area (Å²) in [6.45, 7) is 1.57. The van der Waals surface area contributed by atoms with Crippen molar-refractivity contribution in [3.63, 3.8) is 0 Å². The van der Waals surface area contributed by atoms with Crippen molar-refractivity contribution in [2.24, 2.45) is 5.92 Å².